The number of pyridine rings is 1. The number of rotatable bonds is 7. The van der Waals surface area contributed by atoms with Gasteiger partial charge in [-0.1, -0.05) is 13.8 Å². The number of piperidine rings is 1. The van der Waals surface area contributed by atoms with Crippen LogP contribution in [-0.2, 0) is 19.1 Å². The molecular weight excluding hydrogens is 426 g/mol. The number of hydrogen-bond donors (Lipinski definition) is 3. The average molecular weight is 460 g/mol. The summed E-state index contributed by atoms with van der Waals surface area (Å²) in [6.07, 6.45) is 5.50. The second-order valence-corrected chi connectivity index (χ2v) is 8.88. The molecule has 2 aliphatic rings. The van der Waals surface area contributed by atoms with Crippen LogP contribution in [0.25, 0.3) is 0 Å². The van der Waals surface area contributed by atoms with Crippen molar-refractivity contribution in [3.63, 3.8) is 0 Å². The summed E-state index contributed by atoms with van der Waals surface area (Å²) >= 11 is 0. The van der Waals surface area contributed by atoms with Gasteiger partial charge in [0.1, 0.15) is 12.1 Å². The second kappa shape index (κ2) is 11.2. The Balaban J connectivity index is 1.76. The van der Waals surface area contributed by atoms with Gasteiger partial charge < -0.3 is 25.6 Å². The predicted octanol–water partition coefficient (Wildman–Crippen LogP) is 0.237. The van der Waals surface area contributed by atoms with Crippen molar-refractivity contribution in [1.29, 1.82) is 0 Å². The molecule has 0 unspecified atom stereocenters. The quantitative estimate of drug-likeness (QED) is 0.498. The van der Waals surface area contributed by atoms with Gasteiger partial charge in [-0.05, 0) is 50.3 Å². The molecule has 2 aliphatic heterocycles. The minimum atomic E-state index is -0.823. The summed E-state index contributed by atoms with van der Waals surface area (Å²) in [6, 6.07) is 1.00. The maximum absolute atomic E-state index is 13.3. The first-order chi connectivity index (χ1) is 15.8. The van der Waals surface area contributed by atoms with Gasteiger partial charge in [0.05, 0.1) is 13.2 Å². The predicted molar refractivity (Wildman–Crippen MR) is 120 cm³/mol. The van der Waals surface area contributed by atoms with Gasteiger partial charge in [0.25, 0.3) is 5.91 Å². The molecule has 0 radical (unpaired) electrons. The standard InChI is InChI=1S/C23H33N5O5/c1-14(2)19(23(32)33-3)27-21(30)18-13-16(26-20(29)15-6-10-24-11-7-15)8-12-28(18)22(31)17-5-4-9-25-17/h6-7,10-11,14,16-19,25H,4-5,8-9,12-13H2,1-3H3,(H,26,29)(H,27,30)/t16-,17+,18+,19+/m0/s1. The summed E-state index contributed by atoms with van der Waals surface area (Å²) in [4.78, 5) is 56.8. The van der Waals surface area contributed by atoms with E-state index in [-0.39, 0.29) is 36.2 Å². The molecule has 1 aromatic heterocycles. The Bertz CT molecular complexity index is 856. The zero-order chi connectivity index (χ0) is 24.0. The van der Waals surface area contributed by atoms with E-state index in [1.807, 2.05) is 13.8 Å². The van der Waals surface area contributed by atoms with Crippen molar-refractivity contribution < 1.29 is 23.9 Å². The number of carbonyl (C=O) groups is 4. The zero-order valence-corrected chi connectivity index (χ0v) is 19.4. The summed E-state index contributed by atoms with van der Waals surface area (Å²) < 4.78 is 4.83. The summed E-state index contributed by atoms with van der Waals surface area (Å²) in [5, 5.41) is 8.93. The van der Waals surface area contributed by atoms with Gasteiger partial charge in [-0.15, -0.1) is 0 Å². The Morgan fingerprint density at radius 3 is 2.52 bits per heavy atom. The molecule has 4 atom stereocenters. The number of hydrogen-bond acceptors (Lipinski definition) is 7. The van der Waals surface area contributed by atoms with E-state index >= 15 is 0 Å². The number of methoxy groups -OCH3 is 1. The van der Waals surface area contributed by atoms with Crippen molar-refractivity contribution in [3.05, 3.63) is 30.1 Å². The molecule has 2 fully saturated rings. The van der Waals surface area contributed by atoms with Crippen molar-refractivity contribution in [2.75, 3.05) is 20.2 Å². The lowest BCUT2D eigenvalue weighted by Gasteiger charge is -2.40. The van der Waals surface area contributed by atoms with Gasteiger partial charge in [-0.2, -0.15) is 0 Å². The molecule has 2 saturated heterocycles. The molecule has 10 heteroatoms. The number of ether oxygens (including phenoxy) is 1. The van der Waals surface area contributed by atoms with Gasteiger partial charge in [0, 0.05) is 30.5 Å². The molecule has 33 heavy (non-hydrogen) atoms. The number of amides is 3. The molecule has 0 aliphatic carbocycles. The Labute approximate surface area is 193 Å². The number of carbonyl (C=O) groups excluding carboxylic acids is 4. The highest BCUT2D eigenvalue weighted by Crippen LogP contribution is 2.22. The molecule has 3 heterocycles. The summed E-state index contributed by atoms with van der Waals surface area (Å²) in [5.74, 6) is -1.52. The Morgan fingerprint density at radius 1 is 1.18 bits per heavy atom. The third-order valence-corrected chi connectivity index (χ3v) is 6.24. The smallest absolute Gasteiger partial charge is 0.328 e. The monoisotopic (exact) mass is 459 g/mol. The maximum Gasteiger partial charge on any atom is 0.328 e. The van der Waals surface area contributed by atoms with Gasteiger partial charge in [-0.25, -0.2) is 4.79 Å². The molecule has 3 N–H and O–H groups in total. The van der Waals surface area contributed by atoms with E-state index in [1.165, 1.54) is 7.11 Å². The van der Waals surface area contributed by atoms with Crippen molar-refractivity contribution in [2.24, 2.45) is 5.92 Å². The van der Waals surface area contributed by atoms with Crippen LogP contribution in [0.2, 0.25) is 0 Å². The largest absolute Gasteiger partial charge is 0.467 e. The number of nitrogens with one attached hydrogen (secondary N) is 3. The average Bonchev–Trinajstić information content (AvgIpc) is 3.37. The van der Waals surface area contributed by atoms with E-state index < -0.39 is 24.0 Å². The summed E-state index contributed by atoms with van der Waals surface area (Å²) in [5.41, 5.74) is 0.477. The van der Waals surface area contributed by atoms with E-state index in [2.05, 4.69) is 20.9 Å². The minimum absolute atomic E-state index is 0.120. The zero-order valence-electron chi connectivity index (χ0n) is 19.4. The fourth-order valence-electron chi connectivity index (χ4n) is 4.35. The number of esters is 1. The van der Waals surface area contributed by atoms with Crippen LogP contribution in [0.5, 0.6) is 0 Å². The minimum Gasteiger partial charge on any atom is -0.467 e. The molecule has 10 nitrogen and oxygen atoms in total. The molecule has 0 aromatic carbocycles. The summed E-state index contributed by atoms with van der Waals surface area (Å²) in [7, 11) is 1.27. The van der Waals surface area contributed by atoms with E-state index in [0.717, 1.165) is 19.4 Å². The van der Waals surface area contributed by atoms with Crippen molar-refractivity contribution in [3.8, 4) is 0 Å². The Morgan fingerprint density at radius 2 is 1.91 bits per heavy atom. The van der Waals surface area contributed by atoms with Crippen LogP contribution in [0.4, 0.5) is 0 Å². The molecular formula is C23H33N5O5. The van der Waals surface area contributed by atoms with E-state index in [4.69, 9.17) is 4.74 Å². The van der Waals surface area contributed by atoms with Gasteiger partial charge >= 0.3 is 5.97 Å². The number of nitrogens with zero attached hydrogens (tertiary/aromatic N) is 2. The van der Waals surface area contributed by atoms with Crippen LogP contribution < -0.4 is 16.0 Å². The van der Waals surface area contributed by atoms with Crippen molar-refractivity contribution in [2.45, 2.75) is 63.7 Å². The maximum atomic E-state index is 13.3. The molecule has 0 spiro atoms. The lowest BCUT2D eigenvalue weighted by atomic mass is 9.94. The van der Waals surface area contributed by atoms with Crippen LogP contribution in [-0.4, -0.2) is 77.9 Å². The van der Waals surface area contributed by atoms with Crippen LogP contribution in [0.15, 0.2) is 24.5 Å². The highest BCUT2D eigenvalue weighted by molar-refractivity contribution is 5.95. The van der Waals surface area contributed by atoms with Gasteiger partial charge in [0.15, 0.2) is 0 Å². The second-order valence-electron chi connectivity index (χ2n) is 8.88. The first-order valence-electron chi connectivity index (χ1n) is 11.4. The normalized spacial score (nSPS) is 23.6. The van der Waals surface area contributed by atoms with Gasteiger partial charge in [0.2, 0.25) is 11.8 Å². The third-order valence-electron chi connectivity index (χ3n) is 6.24. The Hall–Kier alpha value is -3.01. The molecule has 3 rings (SSSR count). The van der Waals surface area contributed by atoms with Gasteiger partial charge in [-0.3, -0.25) is 19.4 Å². The van der Waals surface area contributed by atoms with Crippen LogP contribution in [0, 0.1) is 5.92 Å². The first kappa shape index (κ1) is 24.6. The van der Waals surface area contributed by atoms with Crippen LogP contribution in [0.3, 0.4) is 0 Å². The topological polar surface area (TPSA) is 130 Å². The molecule has 0 bridgehead atoms. The third kappa shape index (κ3) is 6.07. The number of likely N-dealkylation sites (tertiary alicyclic amines) is 1. The van der Waals surface area contributed by atoms with Crippen LogP contribution >= 0.6 is 0 Å². The number of aromatic nitrogens is 1. The highest BCUT2D eigenvalue weighted by Gasteiger charge is 2.41. The highest BCUT2D eigenvalue weighted by atomic mass is 16.5. The van der Waals surface area contributed by atoms with Crippen LogP contribution in [0.1, 0.15) is 49.9 Å². The molecule has 1 aromatic rings. The molecule has 0 saturated carbocycles. The van der Waals surface area contributed by atoms with E-state index in [0.29, 0.717) is 18.5 Å². The molecule has 180 valence electrons. The fourth-order valence-corrected chi connectivity index (χ4v) is 4.35. The lowest BCUT2D eigenvalue weighted by Crippen LogP contribution is -2.61. The Kier molecular flexibility index (Phi) is 8.37. The summed E-state index contributed by atoms with van der Waals surface area (Å²) in [6.45, 7) is 4.72. The van der Waals surface area contributed by atoms with E-state index in [9.17, 15) is 19.2 Å². The van der Waals surface area contributed by atoms with Crippen molar-refractivity contribution >= 4 is 23.7 Å². The SMILES string of the molecule is COC(=O)[C@H](NC(=O)[C@H]1C[C@@H](NC(=O)c2ccncc2)CCN1C(=O)[C@H]1CCCN1)C(C)C. The fraction of sp³-hybridized carbons (Fsp3) is 0.609. The lowest BCUT2D eigenvalue weighted by molar-refractivity contribution is -0.149. The van der Waals surface area contributed by atoms with E-state index in [1.54, 1.807) is 29.4 Å². The first-order valence-corrected chi connectivity index (χ1v) is 11.4. The molecule has 3 amide bonds. The van der Waals surface area contributed by atoms with Crippen molar-refractivity contribution in [1.82, 2.24) is 25.8 Å².